The van der Waals surface area contributed by atoms with Crippen molar-refractivity contribution in [2.45, 2.75) is 51.4 Å². The maximum absolute atomic E-state index is 10.8. The molecule has 0 fully saturated rings. The number of allylic oxidation sites excluding steroid dienone is 6. The van der Waals surface area contributed by atoms with Crippen LogP contribution in [0, 0.1) is 0 Å². The molecule has 0 aromatic heterocycles. The first-order valence-electron chi connectivity index (χ1n) is 7.15. The molecule has 0 aromatic rings. The molecular weight excluding hydrogens is 268 g/mol. The van der Waals surface area contributed by atoms with Gasteiger partial charge in [0.2, 0.25) is 0 Å². The van der Waals surface area contributed by atoms with Gasteiger partial charge >= 0.3 is 0 Å². The molecule has 0 aromatic carbocycles. The monoisotopic (exact) mass is 294 g/mol. The van der Waals surface area contributed by atoms with Gasteiger partial charge in [-0.3, -0.25) is 0 Å². The zero-order chi connectivity index (χ0) is 16.1. The molecule has 0 unspecified atom stereocenters. The lowest BCUT2D eigenvalue weighted by Crippen LogP contribution is -2.23. The predicted octanol–water partition coefficient (Wildman–Crippen LogP) is 2.07. The summed E-state index contributed by atoms with van der Waals surface area (Å²) in [6, 6.07) is 0. The van der Waals surface area contributed by atoms with Crippen molar-refractivity contribution in [2.75, 3.05) is 0 Å². The minimum Gasteiger partial charge on any atom is -0.390 e. The first-order valence-corrected chi connectivity index (χ1v) is 7.15. The van der Waals surface area contributed by atoms with Gasteiger partial charge in [-0.15, -0.1) is 0 Å². The van der Waals surface area contributed by atoms with Gasteiger partial charge in [0.05, 0.1) is 18.3 Å². The Morgan fingerprint density at radius 3 is 2.00 bits per heavy atom. The van der Waals surface area contributed by atoms with E-state index in [2.05, 4.69) is 0 Å². The van der Waals surface area contributed by atoms with Crippen LogP contribution in [0.4, 0.5) is 0 Å². The van der Waals surface area contributed by atoms with Crippen molar-refractivity contribution in [3.05, 3.63) is 48.6 Å². The summed E-state index contributed by atoms with van der Waals surface area (Å²) in [6.45, 7) is 3.18. The number of aliphatic hydroxyl groups is 3. The highest BCUT2D eigenvalue weighted by Gasteiger charge is 2.12. The minimum absolute atomic E-state index is 0.0894. The van der Waals surface area contributed by atoms with E-state index in [0.717, 1.165) is 0 Å². The Morgan fingerprint density at radius 1 is 0.952 bits per heavy atom. The van der Waals surface area contributed by atoms with Gasteiger partial charge in [-0.05, 0) is 26.7 Å². The van der Waals surface area contributed by atoms with Crippen LogP contribution in [-0.4, -0.2) is 39.4 Å². The van der Waals surface area contributed by atoms with E-state index in [9.17, 15) is 15.0 Å². The van der Waals surface area contributed by atoms with Crippen LogP contribution in [-0.2, 0) is 4.79 Å². The summed E-state index contributed by atoms with van der Waals surface area (Å²) >= 11 is 0. The molecule has 3 atom stereocenters. The Balaban J connectivity index is 3.97. The Hall–Kier alpha value is -1.49. The number of ketones is 1. The molecule has 0 amide bonds. The number of hydrogen-bond acceptors (Lipinski definition) is 4. The van der Waals surface area contributed by atoms with Crippen molar-refractivity contribution in [3.8, 4) is 0 Å². The van der Waals surface area contributed by atoms with Crippen LogP contribution in [0.25, 0.3) is 0 Å². The molecule has 0 radical (unpaired) electrons. The van der Waals surface area contributed by atoms with Crippen LogP contribution in [0.5, 0.6) is 0 Å². The van der Waals surface area contributed by atoms with Gasteiger partial charge in [0.15, 0.2) is 0 Å². The molecule has 4 heteroatoms. The Morgan fingerprint density at radius 2 is 1.48 bits per heavy atom. The fourth-order valence-corrected chi connectivity index (χ4v) is 1.52. The van der Waals surface area contributed by atoms with Crippen LogP contribution >= 0.6 is 0 Å². The standard InChI is InChI=1S/C17H26O4/c1-14(18)10-7-5-3-4-6-8-12-16(20)17(21)13-9-11-15(2)19/h3-8,10,12,14,16-18,20-21H,9,11,13H2,1-2H3/b5-3-,6-4+,10-7+,12-8+/t14-,16+,17-/m0/s1. The number of carbonyl (C=O) groups is 1. The van der Waals surface area contributed by atoms with Crippen LogP contribution < -0.4 is 0 Å². The van der Waals surface area contributed by atoms with Crippen molar-refractivity contribution < 1.29 is 20.1 Å². The Bertz CT molecular complexity index is 392. The van der Waals surface area contributed by atoms with Gasteiger partial charge in [-0.25, -0.2) is 0 Å². The van der Waals surface area contributed by atoms with E-state index >= 15 is 0 Å². The second-order valence-electron chi connectivity index (χ2n) is 4.93. The van der Waals surface area contributed by atoms with E-state index in [1.807, 2.05) is 0 Å². The van der Waals surface area contributed by atoms with E-state index in [1.165, 1.54) is 13.0 Å². The second kappa shape index (κ2) is 12.3. The topological polar surface area (TPSA) is 77.8 Å². The number of aliphatic hydroxyl groups excluding tert-OH is 3. The SMILES string of the molecule is CC(=O)CCC[C@H](O)[C@H](O)/C=C/C=C/C=C\C=C\[C@H](C)O. The highest BCUT2D eigenvalue weighted by Crippen LogP contribution is 2.06. The molecule has 0 spiro atoms. The van der Waals surface area contributed by atoms with Gasteiger partial charge in [-0.2, -0.15) is 0 Å². The fraction of sp³-hybridized carbons (Fsp3) is 0.471. The largest absolute Gasteiger partial charge is 0.390 e. The molecule has 0 saturated heterocycles. The van der Waals surface area contributed by atoms with Crippen LogP contribution in [0.15, 0.2) is 48.6 Å². The third-order valence-corrected chi connectivity index (χ3v) is 2.68. The molecule has 118 valence electrons. The Labute approximate surface area is 126 Å². The fourth-order valence-electron chi connectivity index (χ4n) is 1.52. The first kappa shape index (κ1) is 19.5. The van der Waals surface area contributed by atoms with Gasteiger partial charge in [0.1, 0.15) is 5.78 Å². The second-order valence-corrected chi connectivity index (χ2v) is 4.93. The summed E-state index contributed by atoms with van der Waals surface area (Å²) in [6.07, 6.45) is 12.8. The van der Waals surface area contributed by atoms with Crippen molar-refractivity contribution in [1.29, 1.82) is 0 Å². The van der Waals surface area contributed by atoms with E-state index in [0.29, 0.717) is 19.3 Å². The predicted molar refractivity (Wildman–Crippen MR) is 84.8 cm³/mol. The lowest BCUT2D eigenvalue weighted by Gasteiger charge is -2.13. The summed E-state index contributed by atoms with van der Waals surface area (Å²) in [5, 5.41) is 28.3. The average Bonchev–Trinajstić information content (AvgIpc) is 2.40. The molecule has 0 aliphatic rings. The van der Waals surface area contributed by atoms with E-state index < -0.39 is 18.3 Å². The van der Waals surface area contributed by atoms with Gasteiger partial charge < -0.3 is 20.1 Å². The molecule has 21 heavy (non-hydrogen) atoms. The summed E-state index contributed by atoms with van der Waals surface area (Å²) in [5.74, 6) is 0.0894. The molecule has 0 aliphatic heterocycles. The van der Waals surface area contributed by atoms with E-state index in [4.69, 9.17) is 5.11 Å². The highest BCUT2D eigenvalue weighted by molar-refractivity contribution is 5.75. The van der Waals surface area contributed by atoms with Crippen LogP contribution in [0.1, 0.15) is 33.1 Å². The van der Waals surface area contributed by atoms with E-state index in [-0.39, 0.29) is 5.78 Å². The number of carbonyl (C=O) groups excluding carboxylic acids is 1. The maximum atomic E-state index is 10.8. The molecule has 0 bridgehead atoms. The summed E-state index contributed by atoms with van der Waals surface area (Å²) < 4.78 is 0. The molecule has 4 nitrogen and oxygen atoms in total. The van der Waals surface area contributed by atoms with Crippen molar-refractivity contribution >= 4 is 5.78 Å². The third-order valence-electron chi connectivity index (χ3n) is 2.68. The number of Topliss-reactive ketones (excluding diaryl/α,β-unsaturated/α-hetero) is 1. The first-order chi connectivity index (χ1) is 9.93. The molecule has 0 saturated carbocycles. The number of rotatable bonds is 10. The quantitative estimate of drug-likeness (QED) is 0.539. The van der Waals surface area contributed by atoms with Crippen molar-refractivity contribution in [3.63, 3.8) is 0 Å². The molecule has 3 N–H and O–H groups in total. The third kappa shape index (κ3) is 13.3. The lowest BCUT2D eigenvalue weighted by atomic mass is 10.1. The van der Waals surface area contributed by atoms with Crippen LogP contribution in [0.3, 0.4) is 0 Å². The van der Waals surface area contributed by atoms with E-state index in [1.54, 1.807) is 49.5 Å². The van der Waals surface area contributed by atoms with Crippen LogP contribution in [0.2, 0.25) is 0 Å². The van der Waals surface area contributed by atoms with Gasteiger partial charge in [-0.1, -0.05) is 48.6 Å². The zero-order valence-electron chi connectivity index (χ0n) is 12.7. The minimum atomic E-state index is -0.930. The molecule has 0 aliphatic carbocycles. The van der Waals surface area contributed by atoms with Crippen molar-refractivity contribution in [2.24, 2.45) is 0 Å². The highest BCUT2D eigenvalue weighted by atomic mass is 16.3. The summed E-state index contributed by atoms with van der Waals surface area (Å²) in [7, 11) is 0. The maximum Gasteiger partial charge on any atom is 0.129 e. The zero-order valence-corrected chi connectivity index (χ0v) is 12.7. The average molecular weight is 294 g/mol. The summed E-state index contributed by atoms with van der Waals surface area (Å²) in [4.78, 5) is 10.8. The van der Waals surface area contributed by atoms with Crippen molar-refractivity contribution in [1.82, 2.24) is 0 Å². The normalized spacial score (nSPS) is 17.2. The number of hydrogen-bond donors (Lipinski definition) is 3. The smallest absolute Gasteiger partial charge is 0.129 e. The Kier molecular flexibility index (Phi) is 11.4. The van der Waals surface area contributed by atoms with Gasteiger partial charge in [0.25, 0.3) is 0 Å². The van der Waals surface area contributed by atoms with Gasteiger partial charge in [0, 0.05) is 6.42 Å². The molecular formula is C17H26O4. The molecule has 0 heterocycles. The lowest BCUT2D eigenvalue weighted by molar-refractivity contribution is -0.117. The molecule has 0 rings (SSSR count). The summed E-state index contributed by atoms with van der Waals surface area (Å²) in [5.41, 5.74) is 0.